The van der Waals surface area contributed by atoms with Gasteiger partial charge in [-0.2, -0.15) is 0 Å². The minimum Gasteiger partial charge on any atom is -0.330 e. The van der Waals surface area contributed by atoms with Crippen LogP contribution in [0, 0.1) is 18.7 Å². The summed E-state index contributed by atoms with van der Waals surface area (Å²) in [4.78, 5) is 24.8. The molecule has 2 aromatic carbocycles. The number of carbonyl (C=O) groups is 1. The molecule has 6 nitrogen and oxygen atoms in total. The van der Waals surface area contributed by atoms with Crippen LogP contribution in [0.15, 0.2) is 67.0 Å². The number of carbonyl (C=O) groups excluding carboxylic acids is 1. The maximum absolute atomic E-state index is 14.0. The highest BCUT2D eigenvalue weighted by atomic mass is 19.1. The van der Waals surface area contributed by atoms with Crippen molar-refractivity contribution in [3.8, 4) is 0 Å². The van der Waals surface area contributed by atoms with E-state index >= 15 is 0 Å². The van der Waals surface area contributed by atoms with Crippen molar-refractivity contribution < 1.29 is 9.18 Å². The fourth-order valence-corrected chi connectivity index (χ4v) is 4.55. The van der Waals surface area contributed by atoms with Crippen LogP contribution in [0.3, 0.4) is 0 Å². The molecule has 7 heteroatoms. The predicted octanol–water partition coefficient (Wildman–Crippen LogP) is 5.12. The second-order valence-electron chi connectivity index (χ2n) is 9.25. The van der Waals surface area contributed by atoms with E-state index in [0.717, 1.165) is 28.0 Å². The first-order chi connectivity index (χ1) is 16.9. The van der Waals surface area contributed by atoms with Crippen LogP contribution in [0.25, 0.3) is 11.0 Å². The number of benzene rings is 2. The molecule has 0 aliphatic heterocycles. The maximum Gasteiger partial charge on any atom is 0.256 e. The minimum absolute atomic E-state index is 0.0672. The number of pyridine rings is 1. The summed E-state index contributed by atoms with van der Waals surface area (Å²) >= 11 is 0. The van der Waals surface area contributed by atoms with E-state index in [9.17, 15) is 9.18 Å². The molecule has 2 N–H and O–H groups in total. The van der Waals surface area contributed by atoms with Crippen molar-refractivity contribution in [1.82, 2.24) is 19.4 Å². The van der Waals surface area contributed by atoms with Crippen LogP contribution >= 0.6 is 0 Å². The second-order valence-corrected chi connectivity index (χ2v) is 9.25. The van der Waals surface area contributed by atoms with Crippen molar-refractivity contribution in [3.05, 3.63) is 95.3 Å². The van der Waals surface area contributed by atoms with Gasteiger partial charge in [-0.1, -0.05) is 32.0 Å². The SMILES string of the molecule is Cc1ccc2c(c1)nc(C(C(C)C)N(CCCN)C(=O)c1cccnc1)n2Cc1cccc(F)c1. The van der Waals surface area contributed by atoms with Gasteiger partial charge in [0.25, 0.3) is 5.91 Å². The van der Waals surface area contributed by atoms with Crippen molar-refractivity contribution in [2.24, 2.45) is 11.7 Å². The molecule has 0 radical (unpaired) electrons. The van der Waals surface area contributed by atoms with Crippen molar-refractivity contribution >= 4 is 16.9 Å². The molecular weight excluding hydrogens is 441 g/mol. The zero-order valence-corrected chi connectivity index (χ0v) is 20.5. The van der Waals surface area contributed by atoms with Gasteiger partial charge in [0.15, 0.2) is 0 Å². The second kappa shape index (κ2) is 10.8. The summed E-state index contributed by atoms with van der Waals surface area (Å²) < 4.78 is 16.1. The van der Waals surface area contributed by atoms with Gasteiger partial charge < -0.3 is 15.2 Å². The number of amides is 1. The van der Waals surface area contributed by atoms with Gasteiger partial charge >= 0.3 is 0 Å². The van der Waals surface area contributed by atoms with Gasteiger partial charge in [-0.25, -0.2) is 9.37 Å². The molecule has 182 valence electrons. The third-order valence-electron chi connectivity index (χ3n) is 6.17. The average Bonchev–Trinajstić information content (AvgIpc) is 3.18. The Morgan fingerprint density at radius 3 is 2.66 bits per heavy atom. The Kier molecular flexibility index (Phi) is 7.56. The number of imidazole rings is 1. The van der Waals surface area contributed by atoms with E-state index < -0.39 is 0 Å². The highest BCUT2D eigenvalue weighted by molar-refractivity contribution is 5.94. The molecule has 1 atom stereocenters. The Morgan fingerprint density at radius 1 is 1.14 bits per heavy atom. The molecule has 0 saturated heterocycles. The Bertz CT molecular complexity index is 1300. The lowest BCUT2D eigenvalue weighted by molar-refractivity contribution is 0.0604. The van der Waals surface area contributed by atoms with Gasteiger partial charge in [0.05, 0.1) is 22.6 Å². The van der Waals surface area contributed by atoms with E-state index in [-0.39, 0.29) is 23.7 Å². The average molecular weight is 474 g/mol. The molecule has 4 aromatic rings. The molecule has 0 fully saturated rings. The lowest BCUT2D eigenvalue weighted by Crippen LogP contribution is -2.40. The van der Waals surface area contributed by atoms with Crippen molar-refractivity contribution in [1.29, 1.82) is 0 Å². The van der Waals surface area contributed by atoms with Crippen molar-refractivity contribution in [3.63, 3.8) is 0 Å². The fourth-order valence-electron chi connectivity index (χ4n) is 4.55. The lowest BCUT2D eigenvalue weighted by Gasteiger charge is -2.34. The monoisotopic (exact) mass is 473 g/mol. The normalized spacial score (nSPS) is 12.3. The van der Waals surface area contributed by atoms with Gasteiger partial charge in [0.1, 0.15) is 11.6 Å². The molecule has 2 aromatic heterocycles. The maximum atomic E-state index is 14.0. The number of aryl methyl sites for hydroxylation is 1. The number of halogens is 1. The van der Waals surface area contributed by atoms with Crippen molar-refractivity contribution in [2.75, 3.05) is 13.1 Å². The highest BCUT2D eigenvalue weighted by Crippen LogP contribution is 2.33. The summed E-state index contributed by atoms with van der Waals surface area (Å²) in [7, 11) is 0. The molecule has 0 aliphatic rings. The molecule has 1 amide bonds. The van der Waals surface area contributed by atoms with Crippen LogP contribution in [0.4, 0.5) is 4.39 Å². The first-order valence-corrected chi connectivity index (χ1v) is 12.0. The molecule has 0 spiro atoms. The quantitative estimate of drug-likeness (QED) is 0.366. The van der Waals surface area contributed by atoms with Gasteiger partial charge in [-0.05, 0) is 73.3 Å². The predicted molar refractivity (Wildman–Crippen MR) is 136 cm³/mol. The van der Waals surface area contributed by atoms with E-state index in [1.54, 1.807) is 36.7 Å². The van der Waals surface area contributed by atoms with E-state index in [1.165, 1.54) is 6.07 Å². The van der Waals surface area contributed by atoms with Crippen LogP contribution in [-0.4, -0.2) is 38.4 Å². The first kappa shape index (κ1) is 24.5. The Balaban J connectivity index is 1.87. The molecular formula is C28H32FN5O. The van der Waals surface area contributed by atoms with E-state index in [1.807, 2.05) is 36.1 Å². The summed E-state index contributed by atoms with van der Waals surface area (Å²) in [6, 6.07) is 16.0. The summed E-state index contributed by atoms with van der Waals surface area (Å²) in [5, 5.41) is 0. The van der Waals surface area contributed by atoms with Gasteiger partial charge in [-0.15, -0.1) is 0 Å². The molecule has 2 heterocycles. The number of hydrogen-bond donors (Lipinski definition) is 1. The van der Waals surface area contributed by atoms with Gasteiger partial charge in [0.2, 0.25) is 0 Å². The number of nitrogens with zero attached hydrogens (tertiary/aromatic N) is 4. The van der Waals surface area contributed by atoms with Gasteiger partial charge in [-0.3, -0.25) is 9.78 Å². The molecule has 4 rings (SSSR count). The number of fused-ring (bicyclic) bond motifs is 1. The summed E-state index contributed by atoms with van der Waals surface area (Å²) in [5.41, 5.74) is 10.1. The lowest BCUT2D eigenvalue weighted by atomic mass is 9.99. The number of rotatable bonds is 9. The van der Waals surface area contributed by atoms with E-state index in [0.29, 0.717) is 31.6 Å². The number of aromatic nitrogens is 3. The zero-order valence-electron chi connectivity index (χ0n) is 20.5. The standard InChI is InChI=1S/C28H32FN5O/c1-19(2)26(33(14-6-12-30)28(35)22-8-5-13-31-17-22)27-32-24-15-20(3)10-11-25(24)34(27)18-21-7-4-9-23(29)16-21/h4-5,7-11,13,15-17,19,26H,6,12,14,18,30H2,1-3H3. The smallest absolute Gasteiger partial charge is 0.256 e. The number of nitrogens with two attached hydrogens (primary N) is 1. The fraction of sp³-hybridized carbons (Fsp3) is 0.321. The van der Waals surface area contributed by atoms with Crippen LogP contribution in [0.5, 0.6) is 0 Å². The largest absolute Gasteiger partial charge is 0.330 e. The summed E-state index contributed by atoms with van der Waals surface area (Å²) in [6.45, 7) is 7.63. The Labute approximate surface area is 205 Å². The third kappa shape index (κ3) is 5.41. The Hall–Kier alpha value is -3.58. The van der Waals surface area contributed by atoms with Crippen molar-refractivity contribution in [2.45, 2.75) is 39.8 Å². The number of hydrogen-bond acceptors (Lipinski definition) is 4. The van der Waals surface area contributed by atoms with Crippen LogP contribution in [-0.2, 0) is 6.54 Å². The topological polar surface area (TPSA) is 77.0 Å². The zero-order chi connectivity index (χ0) is 24.9. The molecule has 1 unspecified atom stereocenters. The van der Waals surface area contributed by atoms with Gasteiger partial charge in [0, 0.05) is 25.5 Å². The molecule has 0 saturated carbocycles. The summed E-state index contributed by atoms with van der Waals surface area (Å²) in [5.74, 6) is 0.462. The molecule has 0 bridgehead atoms. The minimum atomic E-state index is -0.310. The third-order valence-corrected chi connectivity index (χ3v) is 6.17. The van der Waals surface area contributed by atoms with Crippen LogP contribution in [0.2, 0.25) is 0 Å². The Morgan fingerprint density at radius 2 is 1.97 bits per heavy atom. The van der Waals surface area contributed by atoms with E-state index in [2.05, 4.69) is 23.4 Å². The van der Waals surface area contributed by atoms with E-state index in [4.69, 9.17) is 10.7 Å². The highest BCUT2D eigenvalue weighted by Gasteiger charge is 2.32. The molecule has 0 aliphatic carbocycles. The molecule has 35 heavy (non-hydrogen) atoms. The van der Waals surface area contributed by atoms with Crippen LogP contribution in [0.1, 0.15) is 53.6 Å². The first-order valence-electron chi connectivity index (χ1n) is 12.0. The summed E-state index contributed by atoms with van der Waals surface area (Å²) in [6.07, 6.45) is 3.91. The van der Waals surface area contributed by atoms with Crippen LogP contribution < -0.4 is 5.73 Å².